The molecule has 2 aromatic carbocycles. The largest absolute Gasteiger partial charge is 0.484 e. The molecule has 2 rings (SSSR count). The van der Waals surface area contributed by atoms with Crippen LogP contribution in [-0.2, 0) is 9.53 Å². The van der Waals surface area contributed by atoms with Crippen LogP contribution in [0.3, 0.4) is 0 Å². The summed E-state index contributed by atoms with van der Waals surface area (Å²) in [6, 6.07) is 12.0. The van der Waals surface area contributed by atoms with Crippen LogP contribution >= 0.6 is 0 Å². The lowest BCUT2D eigenvalue weighted by Gasteiger charge is -2.06. The molecule has 0 aliphatic heterocycles. The van der Waals surface area contributed by atoms with Crippen molar-refractivity contribution < 1.29 is 23.5 Å². The van der Waals surface area contributed by atoms with Crippen LogP contribution in [-0.4, -0.2) is 31.3 Å². The van der Waals surface area contributed by atoms with Gasteiger partial charge in [0.05, 0.1) is 18.4 Å². The molecule has 1 N–H and O–H groups in total. The smallest absolute Gasteiger partial charge is 0.338 e. The molecule has 7 heteroatoms. The number of nitrogens with one attached hydrogen (secondary N) is 1. The van der Waals surface area contributed by atoms with Gasteiger partial charge in [-0.15, -0.1) is 0 Å². The standard InChI is InChI=1S/C19H19FN2O4/c1-2-11-25-19(24)15-5-9-17(10-6-15)26-13-18(23)22-21-12-14-3-7-16(20)8-4-14/h3-10,12H,2,11,13H2,1H3,(H,22,23)/b21-12+. The second-order valence-corrected chi connectivity index (χ2v) is 5.29. The first-order valence-electron chi connectivity index (χ1n) is 8.06. The molecule has 136 valence electrons. The Kier molecular flexibility index (Phi) is 7.30. The van der Waals surface area contributed by atoms with Gasteiger partial charge in [0, 0.05) is 0 Å². The molecule has 0 spiro atoms. The monoisotopic (exact) mass is 358 g/mol. The fraction of sp³-hybridized carbons (Fsp3) is 0.211. The van der Waals surface area contributed by atoms with Crippen LogP contribution in [0.25, 0.3) is 0 Å². The van der Waals surface area contributed by atoms with Crippen molar-refractivity contribution >= 4 is 18.1 Å². The quantitative estimate of drug-likeness (QED) is 0.447. The summed E-state index contributed by atoms with van der Waals surface area (Å²) in [7, 11) is 0. The van der Waals surface area contributed by atoms with E-state index in [1.54, 1.807) is 24.3 Å². The van der Waals surface area contributed by atoms with Crippen molar-refractivity contribution in [1.29, 1.82) is 0 Å². The summed E-state index contributed by atoms with van der Waals surface area (Å²) in [5, 5.41) is 3.76. The van der Waals surface area contributed by atoms with Crippen molar-refractivity contribution in [3.63, 3.8) is 0 Å². The minimum Gasteiger partial charge on any atom is -0.484 e. The van der Waals surface area contributed by atoms with Crippen molar-refractivity contribution in [2.45, 2.75) is 13.3 Å². The summed E-state index contributed by atoms with van der Waals surface area (Å²) in [4.78, 5) is 23.3. The van der Waals surface area contributed by atoms with Crippen molar-refractivity contribution in [3.8, 4) is 5.75 Å². The highest BCUT2D eigenvalue weighted by atomic mass is 19.1. The van der Waals surface area contributed by atoms with Crippen LogP contribution < -0.4 is 10.2 Å². The first-order chi connectivity index (χ1) is 12.6. The SMILES string of the molecule is CCCOC(=O)c1ccc(OCC(=O)N/N=C/c2ccc(F)cc2)cc1. The zero-order chi connectivity index (χ0) is 18.8. The van der Waals surface area contributed by atoms with E-state index in [1.165, 1.54) is 30.5 Å². The number of amides is 1. The average Bonchev–Trinajstić information content (AvgIpc) is 2.66. The average molecular weight is 358 g/mol. The highest BCUT2D eigenvalue weighted by Crippen LogP contribution is 2.13. The lowest BCUT2D eigenvalue weighted by Crippen LogP contribution is -2.24. The topological polar surface area (TPSA) is 77.0 Å². The maximum atomic E-state index is 12.8. The lowest BCUT2D eigenvalue weighted by atomic mass is 10.2. The van der Waals surface area contributed by atoms with Crippen LogP contribution in [0.5, 0.6) is 5.75 Å². The van der Waals surface area contributed by atoms with Crippen LogP contribution in [0.15, 0.2) is 53.6 Å². The zero-order valence-corrected chi connectivity index (χ0v) is 14.3. The molecule has 0 fully saturated rings. The van der Waals surface area contributed by atoms with E-state index in [2.05, 4.69) is 10.5 Å². The number of halogens is 1. The Hall–Kier alpha value is -3.22. The van der Waals surface area contributed by atoms with E-state index < -0.39 is 11.9 Å². The molecule has 0 aliphatic rings. The molecule has 0 saturated heterocycles. The predicted molar refractivity (Wildman–Crippen MR) is 94.6 cm³/mol. The van der Waals surface area contributed by atoms with Crippen molar-refractivity contribution in [2.24, 2.45) is 5.10 Å². The Labute approximate surface area is 150 Å². The second-order valence-electron chi connectivity index (χ2n) is 5.29. The zero-order valence-electron chi connectivity index (χ0n) is 14.3. The molecule has 0 saturated carbocycles. The van der Waals surface area contributed by atoms with E-state index in [0.29, 0.717) is 23.5 Å². The highest BCUT2D eigenvalue weighted by molar-refractivity contribution is 5.89. The molecule has 0 unspecified atom stereocenters. The molecule has 1 amide bonds. The van der Waals surface area contributed by atoms with Gasteiger partial charge in [0.1, 0.15) is 11.6 Å². The maximum absolute atomic E-state index is 12.8. The van der Waals surface area contributed by atoms with Gasteiger partial charge in [-0.2, -0.15) is 5.10 Å². The van der Waals surface area contributed by atoms with E-state index in [0.717, 1.165) is 6.42 Å². The summed E-state index contributed by atoms with van der Waals surface area (Å²) in [6.07, 6.45) is 2.15. The van der Waals surface area contributed by atoms with Gasteiger partial charge in [-0.05, 0) is 48.4 Å². The first-order valence-corrected chi connectivity index (χ1v) is 8.06. The fourth-order valence-corrected chi connectivity index (χ4v) is 1.87. The van der Waals surface area contributed by atoms with Crippen molar-refractivity contribution in [3.05, 3.63) is 65.5 Å². The minimum atomic E-state index is -0.449. The molecular formula is C19H19FN2O4. The number of carbonyl (C=O) groups is 2. The van der Waals surface area contributed by atoms with Gasteiger partial charge in [0.2, 0.25) is 0 Å². The number of ether oxygens (including phenoxy) is 2. The molecule has 0 radical (unpaired) electrons. The number of benzene rings is 2. The Bertz CT molecular complexity index is 758. The van der Waals surface area contributed by atoms with Gasteiger partial charge in [-0.3, -0.25) is 4.79 Å². The van der Waals surface area contributed by atoms with Crippen LogP contribution in [0.1, 0.15) is 29.3 Å². The van der Waals surface area contributed by atoms with Crippen LogP contribution in [0.2, 0.25) is 0 Å². The summed E-state index contributed by atoms with van der Waals surface area (Å²) in [5.41, 5.74) is 3.37. The third-order valence-corrected chi connectivity index (χ3v) is 3.17. The number of nitrogens with zero attached hydrogens (tertiary/aromatic N) is 1. The predicted octanol–water partition coefficient (Wildman–Crippen LogP) is 2.92. The Balaban J connectivity index is 1.76. The summed E-state index contributed by atoms with van der Waals surface area (Å²) in [6.45, 7) is 2.05. The molecule has 2 aromatic rings. The van der Waals surface area contributed by atoms with Gasteiger partial charge < -0.3 is 9.47 Å². The van der Waals surface area contributed by atoms with E-state index in [9.17, 15) is 14.0 Å². The molecule has 0 bridgehead atoms. The van der Waals surface area contributed by atoms with Gasteiger partial charge in [0.25, 0.3) is 5.91 Å². The van der Waals surface area contributed by atoms with E-state index in [4.69, 9.17) is 9.47 Å². The third kappa shape index (κ3) is 6.35. The number of hydrogen-bond donors (Lipinski definition) is 1. The van der Waals surface area contributed by atoms with Gasteiger partial charge in [-0.1, -0.05) is 19.1 Å². The minimum absolute atomic E-state index is 0.236. The number of hydrogen-bond acceptors (Lipinski definition) is 5. The summed E-state index contributed by atoms with van der Waals surface area (Å²) < 4.78 is 23.1. The molecule has 0 atom stereocenters. The van der Waals surface area contributed by atoms with E-state index in [-0.39, 0.29) is 12.4 Å². The van der Waals surface area contributed by atoms with Gasteiger partial charge in [0.15, 0.2) is 6.61 Å². The van der Waals surface area contributed by atoms with Crippen LogP contribution in [0, 0.1) is 5.82 Å². The molecular weight excluding hydrogens is 339 g/mol. The second kappa shape index (κ2) is 9.93. The lowest BCUT2D eigenvalue weighted by molar-refractivity contribution is -0.123. The van der Waals surface area contributed by atoms with Crippen molar-refractivity contribution in [1.82, 2.24) is 5.43 Å². The number of rotatable bonds is 8. The molecule has 26 heavy (non-hydrogen) atoms. The number of carbonyl (C=O) groups excluding carboxylic acids is 2. The van der Waals surface area contributed by atoms with Gasteiger partial charge >= 0.3 is 5.97 Å². The third-order valence-electron chi connectivity index (χ3n) is 3.17. The summed E-state index contributed by atoms with van der Waals surface area (Å²) >= 11 is 0. The number of esters is 1. The first kappa shape index (κ1) is 19.1. The summed E-state index contributed by atoms with van der Waals surface area (Å²) in [5.74, 6) is -0.750. The Morgan fingerprint density at radius 1 is 1.12 bits per heavy atom. The maximum Gasteiger partial charge on any atom is 0.338 e. The van der Waals surface area contributed by atoms with E-state index in [1.807, 2.05) is 6.92 Å². The number of hydrazone groups is 1. The fourth-order valence-electron chi connectivity index (χ4n) is 1.87. The van der Waals surface area contributed by atoms with E-state index >= 15 is 0 Å². The highest BCUT2D eigenvalue weighted by Gasteiger charge is 2.07. The molecule has 0 aromatic heterocycles. The van der Waals surface area contributed by atoms with Crippen molar-refractivity contribution in [2.75, 3.05) is 13.2 Å². The molecule has 0 aliphatic carbocycles. The Morgan fingerprint density at radius 2 is 1.81 bits per heavy atom. The Morgan fingerprint density at radius 3 is 2.46 bits per heavy atom. The normalized spacial score (nSPS) is 10.5. The molecule has 0 heterocycles. The molecule has 6 nitrogen and oxygen atoms in total. The van der Waals surface area contributed by atoms with Crippen LogP contribution in [0.4, 0.5) is 4.39 Å². The van der Waals surface area contributed by atoms with Gasteiger partial charge in [-0.25, -0.2) is 14.6 Å².